The minimum Gasteiger partial charge on any atom is -0.472 e. The molecule has 4 N–H and O–H groups in total. The number of amides is 1. The zero-order valence-corrected chi connectivity index (χ0v) is 9.63. The van der Waals surface area contributed by atoms with Gasteiger partial charge in [-0.2, -0.15) is 0 Å². The minimum absolute atomic E-state index is 0.0986. The number of furan rings is 1. The highest BCUT2D eigenvalue weighted by molar-refractivity contribution is 6.09. The first-order chi connectivity index (χ1) is 9.13. The van der Waals surface area contributed by atoms with Crippen LogP contribution in [0.1, 0.15) is 15.9 Å². The van der Waals surface area contributed by atoms with Crippen LogP contribution in [0.4, 0.5) is 10.1 Å². The van der Waals surface area contributed by atoms with Gasteiger partial charge < -0.3 is 20.7 Å². The van der Waals surface area contributed by atoms with Gasteiger partial charge in [0.15, 0.2) is 5.84 Å². The minimum atomic E-state index is -0.708. The fourth-order valence-electron chi connectivity index (χ4n) is 1.53. The van der Waals surface area contributed by atoms with Crippen LogP contribution in [0.5, 0.6) is 0 Å². The molecule has 0 radical (unpaired) electrons. The zero-order valence-electron chi connectivity index (χ0n) is 9.63. The molecule has 0 saturated carbocycles. The van der Waals surface area contributed by atoms with Crippen LogP contribution in [0.3, 0.4) is 0 Å². The molecule has 0 atom stereocenters. The van der Waals surface area contributed by atoms with Crippen molar-refractivity contribution >= 4 is 17.4 Å². The standard InChI is InChI=1S/C12H10FN3O3/c13-8-2-1-3-9(10(8)11(14)16-18)15-12(17)7-4-5-19-6-7/h1-6,18H,(H2,14,16)(H,15,17). The molecule has 1 aromatic carbocycles. The number of oxime groups is 1. The van der Waals surface area contributed by atoms with Crippen LogP contribution in [0.15, 0.2) is 46.4 Å². The molecular weight excluding hydrogens is 253 g/mol. The quantitative estimate of drug-likeness (QED) is 0.340. The molecule has 1 heterocycles. The summed E-state index contributed by atoms with van der Waals surface area (Å²) in [5, 5.41) is 13.8. The van der Waals surface area contributed by atoms with Gasteiger partial charge in [0, 0.05) is 0 Å². The van der Waals surface area contributed by atoms with E-state index >= 15 is 0 Å². The van der Waals surface area contributed by atoms with Crippen molar-refractivity contribution in [2.24, 2.45) is 10.9 Å². The fraction of sp³-hybridized carbons (Fsp3) is 0. The molecule has 0 saturated heterocycles. The van der Waals surface area contributed by atoms with Crippen molar-refractivity contribution in [2.45, 2.75) is 0 Å². The number of hydrogen-bond acceptors (Lipinski definition) is 4. The van der Waals surface area contributed by atoms with E-state index in [1.165, 1.54) is 30.7 Å². The summed E-state index contributed by atoms with van der Waals surface area (Å²) in [6, 6.07) is 5.43. The molecule has 1 amide bonds. The third-order valence-corrected chi connectivity index (χ3v) is 2.41. The van der Waals surface area contributed by atoms with Gasteiger partial charge in [0.25, 0.3) is 5.91 Å². The number of amidine groups is 1. The second-order valence-corrected chi connectivity index (χ2v) is 3.61. The first kappa shape index (κ1) is 12.6. The number of nitrogens with zero attached hydrogens (tertiary/aromatic N) is 1. The second kappa shape index (κ2) is 5.21. The number of nitrogens with two attached hydrogens (primary N) is 1. The monoisotopic (exact) mass is 263 g/mol. The number of hydrogen-bond donors (Lipinski definition) is 3. The predicted molar refractivity (Wildman–Crippen MR) is 65.6 cm³/mol. The van der Waals surface area contributed by atoms with Crippen molar-refractivity contribution in [2.75, 3.05) is 5.32 Å². The Morgan fingerprint density at radius 2 is 2.21 bits per heavy atom. The van der Waals surface area contributed by atoms with Gasteiger partial charge in [-0.1, -0.05) is 11.2 Å². The number of nitrogens with one attached hydrogen (secondary N) is 1. The summed E-state index contributed by atoms with van der Waals surface area (Å²) in [5.41, 5.74) is 5.57. The summed E-state index contributed by atoms with van der Waals surface area (Å²) in [5.74, 6) is -1.63. The summed E-state index contributed by atoms with van der Waals surface area (Å²) in [4.78, 5) is 11.8. The normalized spacial score (nSPS) is 11.3. The number of carbonyl (C=O) groups is 1. The Balaban J connectivity index is 2.36. The zero-order chi connectivity index (χ0) is 13.8. The van der Waals surface area contributed by atoms with Crippen molar-refractivity contribution in [3.8, 4) is 0 Å². The van der Waals surface area contributed by atoms with E-state index in [0.717, 1.165) is 6.07 Å². The van der Waals surface area contributed by atoms with E-state index in [4.69, 9.17) is 15.4 Å². The van der Waals surface area contributed by atoms with Crippen LogP contribution in [-0.4, -0.2) is 17.0 Å². The van der Waals surface area contributed by atoms with E-state index in [1.807, 2.05) is 0 Å². The Morgan fingerprint density at radius 3 is 2.84 bits per heavy atom. The van der Waals surface area contributed by atoms with Crippen molar-refractivity contribution < 1.29 is 18.8 Å². The average molecular weight is 263 g/mol. The maximum atomic E-state index is 13.6. The van der Waals surface area contributed by atoms with Gasteiger partial charge in [-0.25, -0.2) is 4.39 Å². The van der Waals surface area contributed by atoms with Gasteiger partial charge in [0.05, 0.1) is 23.1 Å². The highest BCUT2D eigenvalue weighted by atomic mass is 19.1. The van der Waals surface area contributed by atoms with Crippen LogP contribution in [-0.2, 0) is 0 Å². The van der Waals surface area contributed by atoms with Gasteiger partial charge in [0.2, 0.25) is 0 Å². The van der Waals surface area contributed by atoms with E-state index < -0.39 is 17.6 Å². The fourth-order valence-corrected chi connectivity index (χ4v) is 1.53. The van der Waals surface area contributed by atoms with Gasteiger partial charge >= 0.3 is 0 Å². The highest BCUT2D eigenvalue weighted by Crippen LogP contribution is 2.19. The van der Waals surface area contributed by atoms with Crippen molar-refractivity contribution in [3.05, 3.63) is 53.7 Å². The Morgan fingerprint density at radius 1 is 1.42 bits per heavy atom. The van der Waals surface area contributed by atoms with Crippen molar-refractivity contribution in [3.63, 3.8) is 0 Å². The third-order valence-electron chi connectivity index (χ3n) is 2.41. The summed E-state index contributed by atoms with van der Waals surface area (Å²) in [7, 11) is 0. The highest BCUT2D eigenvalue weighted by Gasteiger charge is 2.16. The van der Waals surface area contributed by atoms with Crippen molar-refractivity contribution in [1.82, 2.24) is 0 Å². The first-order valence-corrected chi connectivity index (χ1v) is 5.23. The van der Waals surface area contributed by atoms with Crippen LogP contribution in [0, 0.1) is 5.82 Å². The molecular formula is C12H10FN3O3. The summed E-state index contributed by atoms with van der Waals surface area (Å²) < 4.78 is 18.4. The molecule has 7 heteroatoms. The Labute approximate surface area is 107 Å². The Bertz CT molecular complexity index is 623. The molecule has 6 nitrogen and oxygen atoms in total. The number of benzene rings is 1. The molecule has 98 valence electrons. The van der Waals surface area contributed by atoms with Crippen LogP contribution >= 0.6 is 0 Å². The lowest BCUT2D eigenvalue weighted by atomic mass is 10.1. The lowest BCUT2D eigenvalue weighted by molar-refractivity contribution is 0.102. The topological polar surface area (TPSA) is 101 Å². The smallest absolute Gasteiger partial charge is 0.258 e. The maximum Gasteiger partial charge on any atom is 0.258 e. The van der Waals surface area contributed by atoms with Crippen LogP contribution < -0.4 is 11.1 Å². The molecule has 0 fully saturated rings. The molecule has 2 rings (SSSR count). The number of rotatable bonds is 3. The van der Waals surface area contributed by atoms with E-state index in [1.54, 1.807) is 0 Å². The lowest BCUT2D eigenvalue weighted by Gasteiger charge is -2.10. The molecule has 2 aromatic rings. The molecule has 0 aliphatic heterocycles. The van der Waals surface area contributed by atoms with E-state index in [9.17, 15) is 9.18 Å². The molecule has 0 aliphatic rings. The first-order valence-electron chi connectivity index (χ1n) is 5.23. The van der Waals surface area contributed by atoms with Crippen LogP contribution in [0.25, 0.3) is 0 Å². The number of anilines is 1. The Hall–Kier alpha value is -2.83. The predicted octanol–water partition coefficient (Wildman–Crippen LogP) is 1.77. The van der Waals surface area contributed by atoms with E-state index in [2.05, 4.69) is 10.5 Å². The summed E-state index contributed by atoms with van der Waals surface area (Å²) >= 11 is 0. The molecule has 0 aliphatic carbocycles. The third kappa shape index (κ3) is 2.54. The molecule has 0 spiro atoms. The largest absolute Gasteiger partial charge is 0.472 e. The second-order valence-electron chi connectivity index (χ2n) is 3.61. The SMILES string of the molecule is N/C(=N/O)c1c(F)cccc1NC(=O)c1ccoc1. The molecule has 1 aromatic heterocycles. The lowest BCUT2D eigenvalue weighted by Crippen LogP contribution is -2.20. The molecule has 19 heavy (non-hydrogen) atoms. The summed E-state index contributed by atoms with van der Waals surface area (Å²) in [6.07, 6.45) is 2.59. The maximum absolute atomic E-state index is 13.6. The Kier molecular flexibility index (Phi) is 3.46. The van der Waals surface area contributed by atoms with Gasteiger partial charge in [-0.3, -0.25) is 4.79 Å². The van der Waals surface area contributed by atoms with Gasteiger partial charge in [0.1, 0.15) is 12.1 Å². The van der Waals surface area contributed by atoms with Gasteiger partial charge in [-0.05, 0) is 18.2 Å². The van der Waals surface area contributed by atoms with E-state index in [-0.39, 0.29) is 16.8 Å². The summed E-state index contributed by atoms with van der Waals surface area (Å²) in [6.45, 7) is 0. The number of halogens is 1. The average Bonchev–Trinajstić information content (AvgIpc) is 2.92. The van der Waals surface area contributed by atoms with Crippen molar-refractivity contribution in [1.29, 1.82) is 0 Å². The van der Waals surface area contributed by atoms with Gasteiger partial charge in [-0.15, -0.1) is 0 Å². The number of carbonyl (C=O) groups excluding carboxylic acids is 1. The van der Waals surface area contributed by atoms with E-state index in [0.29, 0.717) is 0 Å². The molecule has 0 unspecified atom stereocenters. The van der Waals surface area contributed by atoms with Crippen LogP contribution in [0.2, 0.25) is 0 Å². The molecule has 0 bridgehead atoms.